The molecule has 0 radical (unpaired) electrons. The number of pyridine rings is 1. The number of aromatic nitrogens is 1. The predicted octanol–water partition coefficient (Wildman–Crippen LogP) is 1.80. The Bertz CT molecular complexity index is 563. The number of carbonyl (C=O) groups is 1. The largest absolute Gasteiger partial charge is 0.345 e. The number of nitrogens with one attached hydrogen (secondary N) is 1. The zero-order valence-electron chi connectivity index (χ0n) is 11.4. The molecule has 0 aliphatic carbocycles. The highest BCUT2D eigenvalue weighted by molar-refractivity contribution is 5.84. The Hall–Kier alpha value is -1.94. The molecule has 0 aliphatic rings. The lowest BCUT2D eigenvalue weighted by atomic mass is 10.1. The minimum absolute atomic E-state index is 0.107. The molecule has 19 heavy (non-hydrogen) atoms. The molecule has 0 fully saturated rings. The molecular formula is C15H19N3O. The van der Waals surface area contributed by atoms with Gasteiger partial charge < -0.3 is 10.2 Å². The summed E-state index contributed by atoms with van der Waals surface area (Å²) in [6.45, 7) is 3.70. The van der Waals surface area contributed by atoms with Crippen molar-refractivity contribution >= 4 is 16.7 Å². The average molecular weight is 257 g/mol. The molecule has 1 heterocycles. The molecule has 1 N–H and O–H groups in total. The van der Waals surface area contributed by atoms with E-state index in [1.807, 2.05) is 44.6 Å². The van der Waals surface area contributed by atoms with E-state index in [0.29, 0.717) is 13.1 Å². The fraction of sp³-hybridized carbons (Fsp3) is 0.333. The molecule has 0 bridgehead atoms. The van der Waals surface area contributed by atoms with Crippen molar-refractivity contribution in [2.75, 3.05) is 20.1 Å². The van der Waals surface area contributed by atoms with Crippen molar-refractivity contribution in [1.29, 1.82) is 0 Å². The van der Waals surface area contributed by atoms with Gasteiger partial charge in [-0.3, -0.25) is 9.78 Å². The second-order valence-electron chi connectivity index (χ2n) is 4.53. The standard InChI is InChI=1S/C15H19N3O/c1-3-18(2)15(19)11-17-10-13-9-16-8-12-6-4-5-7-14(12)13/h4-9,17H,3,10-11H2,1-2H3. The number of hydrogen-bond acceptors (Lipinski definition) is 3. The summed E-state index contributed by atoms with van der Waals surface area (Å²) in [7, 11) is 1.81. The van der Waals surface area contributed by atoms with Gasteiger partial charge in [-0.15, -0.1) is 0 Å². The first-order chi connectivity index (χ1) is 9.22. The van der Waals surface area contributed by atoms with Crippen LogP contribution in [0.5, 0.6) is 0 Å². The van der Waals surface area contributed by atoms with Crippen molar-refractivity contribution in [3.63, 3.8) is 0 Å². The summed E-state index contributed by atoms with van der Waals surface area (Å²) in [5.74, 6) is 0.107. The van der Waals surface area contributed by atoms with Crippen molar-refractivity contribution in [2.24, 2.45) is 0 Å². The molecule has 2 aromatic rings. The lowest BCUT2D eigenvalue weighted by Gasteiger charge is -2.15. The van der Waals surface area contributed by atoms with E-state index >= 15 is 0 Å². The number of benzene rings is 1. The topological polar surface area (TPSA) is 45.2 Å². The monoisotopic (exact) mass is 257 g/mol. The zero-order chi connectivity index (χ0) is 13.7. The van der Waals surface area contributed by atoms with E-state index in [9.17, 15) is 4.79 Å². The Morgan fingerprint density at radius 2 is 2.11 bits per heavy atom. The van der Waals surface area contributed by atoms with E-state index in [-0.39, 0.29) is 5.91 Å². The molecule has 0 atom stereocenters. The van der Waals surface area contributed by atoms with Gasteiger partial charge in [0.15, 0.2) is 0 Å². The van der Waals surface area contributed by atoms with Gasteiger partial charge in [0, 0.05) is 37.9 Å². The van der Waals surface area contributed by atoms with Crippen LogP contribution in [0.3, 0.4) is 0 Å². The molecule has 1 aromatic carbocycles. The zero-order valence-corrected chi connectivity index (χ0v) is 11.4. The maximum Gasteiger partial charge on any atom is 0.236 e. The number of fused-ring (bicyclic) bond motifs is 1. The highest BCUT2D eigenvalue weighted by Gasteiger charge is 2.06. The number of nitrogens with zero attached hydrogens (tertiary/aromatic N) is 2. The fourth-order valence-corrected chi connectivity index (χ4v) is 1.94. The maximum atomic E-state index is 11.7. The molecule has 0 saturated heterocycles. The van der Waals surface area contributed by atoms with E-state index in [1.54, 1.807) is 4.90 Å². The van der Waals surface area contributed by atoms with Crippen LogP contribution in [0.15, 0.2) is 36.7 Å². The van der Waals surface area contributed by atoms with Gasteiger partial charge >= 0.3 is 0 Å². The van der Waals surface area contributed by atoms with E-state index < -0.39 is 0 Å². The van der Waals surface area contributed by atoms with Gasteiger partial charge in [0.05, 0.1) is 6.54 Å². The molecule has 4 heteroatoms. The third-order valence-electron chi connectivity index (χ3n) is 3.24. The van der Waals surface area contributed by atoms with Gasteiger partial charge in [-0.05, 0) is 17.9 Å². The third kappa shape index (κ3) is 3.29. The first-order valence-corrected chi connectivity index (χ1v) is 6.48. The molecule has 4 nitrogen and oxygen atoms in total. The van der Waals surface area contributed by atoms with Crippen molar-refractivity contribution in [3.05, 3.63) is 42.2 Å². The number of amides is 1. The molecular weight excluding hydrogens is 238 g/mol. The first-order valence-electron chi connectivity index (χ1n) is 6.48. The van der Waals surface area contributed by atoms with Crippen molar-refractivity contribution in [2.45, 2.75) is 13.5 Å². The van der Waals surface area contributed by atoms with Crippen LogP contribution >= 0.6 is 0 Å². The van der Waals surface area contributed by atoms with Crippen LogP contribution in [0.2, 0.25) is 0 Å². The van der Waals surface area contributed by atoms with Crippen LogP contribution in [0.4, 0.5) is 0 Å². The van der Waals surface area contributed by atoms with Crippen molar-refractivity contribution < 1.29 is 4.79 Å². The summed E-state index contributed by atoms with van der Waals surface area (Å²) in [5, 5.41) is 5.48. The molecule has 1 amide bonds. The molecule has 2 rings (SSSR count). The highest BCUT2D eigenvalue weighted by atomic mass is 16.2. The van der Waals surface area contributed by atoms with E-state index in [0.717, 1.165) is 17.5 Å². The van der Waals surface area contributed by atoms with Gasteiger partial charge in [-0.25, -0.2) is 0 Å². The quantitative estimate of drug-likeness (QED) is 0.888. The minimum Gasteiger partial charge on any atom is -0.345 e. The second-order valence-corrected chi connectivity index (χ2v) is 4.53. The smallest absolute Gasteiger partial charge is 0.236 e. The van der Waals surface area contributed by atoms with Crippen LogP contribution < -0.4 is 5.32 Å². The van der Waals surface area contributed by atoms with Gasteiger partial charge in [0.1, 0.15) is 0 Å². The summed E-state index contributed by atoms with van der Waals surface area (Å²) < 4.78 is 0. The van der Waals surface area contributed by atoms with Gasteiger partial charge in [0.2, 0.25) is 5.91 Å². The molecule has 0 spiro atoms. The summed E-state index contributed by atoms with van der Waals surface area (Å²) in [5.41, 5.74) is 1.12. The van der Waals surface area contributed by atoms with E-state index in [1.165, 1.54) is 5.39 Å². The van der Waals surface area contributed by atoms with Crippen LogP contribution in [0.25, 0.3) is 10.8 Å². The molecule has 1 aromatic heterocycles. The average Bonchev–Trinajstić information content (AvgIpc) is 2.46. The van der Waals surface area contributed by atoms with E-state index in [2.05, 4.69) is 16.4 Å². The molecule has 0 unspecified atom stereocenters. The van der Waals surface area contributed by atoms with Crippen LogP contribution in [0.1, 0.15) is 12.5 Å². The Morgan fingerprint density at radius 3 is 2.89 bits per heavy atom. The lowest BCUT2D eigenvalue weighted by molar-refractivity contribution is -0.128. The minimum atomic E-state index is 0.107. The Labute approximate surface area is 113 Å². The first kappa shape index (κ1) is 13.5. The summed E-state index contributed by atoms with van der Waals surface area (Å²) in [6, 6.07) is 8.14. The van der Waals surface area contributed by atoms with E-state index in [4.69, 9.17) is 0 Å². The van der Waals surface area contributed by atoms with Crippen LogP contribution in [0, 0.1) is 0 Å². The number of hydrogen-bond donors (Lipinski definition) is 1. The molecule has 100 valence electrons. The highest BCUT2D eigenvalue weighted by Crippen LogP contribution is 2.16. The van der Waals surface area contributed by atoms with Gasteiger partial charge in [-0.1, -0.05) is 24.3 Å². The number of carbonyl (C=O) groups excluding carboxylic acids is 1. The van der Waals surface area contributed by atoms with Crippen LogP contribution in [-0.4, -0.2) is 35.9 Å². The maximum absolute atomic E-state index is 11.7. The number of rotatable bonds is 5. The Kier molecular flexibility index (Phi) is 4.47. The summed E-state index contributed by atoms with van der Waals surface area (Å²) in [4.78, 5) is 17.6. The third-order valence-corrected chi connectivity index (χ3v) is 3.24. The van der Waals surface area contributed by atoms with Crippen molar-refractivity contribution in [3.8, 4) is 0 Å². The fourth-order valence-electron chi connectivity index (χ4n) is 1.94. The van der Waals surface area contributed by atoms with Crippen molar-refractivity contribution in [1.82, 2.24) is 15.2 Å². The summed E-state index contributed by atoms with van der Waals surface area (Å²) >= 11 is 0. The second kappa shape index (κ2) is 6.29. The molecule has 0 aliphatic heterocycles. The molecule has 0 saturated carbocycles. The Morgan fingerprint density at radius 1 is 1.32 bits per heavy atom. The normalized spacial score (nSPS) is 10.6. The van der Waals surface area contributed by atoms with Gasteiger partial charge in [0.25, 0.3) is 0 Å². The lowest BCUT2D eigenvalue weighted by Crippen LogP contribution is -2.35. The Balaban J connectivity index is 2.01. The van der Waals surface area contributed by atoms with Gasteiger partial charge in [-0.2, -0.15) is 0 Å². The predicted molar refractivity (Wildman–Crippen MR) is 76.8 cm³/mol. The number of likely N-dealkylation sites (N-methyl/N-ethyl adjacent to an activating group) is 1. The summed E-state index contributed by atoms with van der Waals surface area (Å²) in [6.07, 6.45) is 3.71. The SMILES string of the molecule is CCN(C)C(=O)CNCc1cncc2ccccc12. The van der Waals surface area contributed by atoms with Crippen LogP contribution in [-0.2, 0) is 11.3 Å².